The fourth-order valence-electron chi connectivity index (χ4n) is 1.56. The van der Waals surface area contributed by atoms with Gasteiger partial charge in [0.05, 0.1) is 6.61 Å². The van der Waals surface area contributed by atoms with Crippen LogP contribution in [0.15, 0.2) is 46.3 Å². The van der Waals surface area contributed by atoms with Gasteiger partial charge in [0.2, 0.25) is 0 Å². The van der Waals surface area contributed by atoms with Gasteiger partial charge in [0.1, 0.15) is 6.10 Å². The van der Waals surface area contributed by atoms with Crippen molar-refractivity contribution in [1.29, 1.82) is 0 Å². The van der Waals surface area contributed by atoms with Gasteiger partial charge < -0.3 is 10.5 Å². The van der Waals surface area contributed by atoms with E-state index in [2.05, 4.69) is 28.1 Å². The first-order chi connectivity index (χ1) is 8.29. The average Bonchev–Trinajstić information content (AvgIpc) is 2.84. The highest BCUT2D eigenvalue weighted by Crippen LogP contribution is 2.23. The van der Waals surface area contributed by atoms with Crippen molar-refractivity contribution < 1.29 is 4.74 Å². The first-order valence-corrected chi connectivity index (χ1v) is 7.06. The first kappa shape index (κ1) is 12.8. The second-order valence-corrected chi connectivity index (χ2v) is 5.58. The standard InChI is InChI=1S/C13H14BrNOS/c14-11-4-1-3-10(7-11)9-16-12(8-15)13-5-2-6-17-13/h1-7,12H,8-9,15H2. The molecule has 0 fully saturated rings. The maximum atomic E-state index is 5.84. The molecular weight excluding hydrogens is 298 g/mol. The van der Waals surface area contributed by atoms with Crippen molar-refractivity contribution in [3.05, 3.63) is 56.7 Å². The molecule has 0 aliphatic rings. The molecule has 4 heteroatoms. The summed E-state index contributed by atoms with van der Waals surface area (Å²) in [6, 6.07) is 12.2. The Labute approximate surface area is 114 Å². The first-order valence-electron chi connectivity index (χ1n) is 5.39. The van der Waals surface area contributed by atoms with E-state index in [4.69, 9.17) is 10.5 Å². The molecular formula is C13H14BrNOS. The summed E-state index contributed by atoms with van der Waals surface area (Å²) < 4.78 is 6.91. The molecule has 2 nitrogen and oxygen atoms in total. The third-order valence-corrected chi connectivity index (χ3v) is 3.87. The van der Waals surface area contributed by atoms with Gasteiger partial charge in [0.15, 0.2) is 0 Å². The molecule has 90 valence electrons. The SMILES string of the molecule is NCC(OCc1cccc(Br)c1)c1cccs1. The summed E-state index contributed by atoms with van der Waals surface area (Å²) in [6.07, 6.45) is -0.00557. The zero-order chi connectivity index (χ0) is 12.1. The zero-order valence-electron chi connectivity index (χ0n) is 9.30. The Kier molecular flexibility index (Phi) is 4.74. The fraction of sp³-hybridized carbons (Fsp3) is 0.231. The average molecular weight is 312 g/mol. The van der Waals surface area contributed by atoms with E-state index < -0.39 is 0 Å². The molecule has 1 atom stereocenters. The summed E-state index contributed by atoms with van der Waals surface area (Å²) >= 11 is 5.13. The number of benzene rings is 1. The fourth-order valence-corrected chi connectivity index (χ4v) is 2.80. The van der Waals surface area contributed by atoms with Crippen molar-refractivity contribution in [2.24, 2.45) is 5.73 Å². The van der Waals surface area contributed by atoms with Crippen LogP contribution in [0.3, 0.4) is 0 Å². The summed E-state index contributed by atoms with van der Waals surface area (Å²) in [4.78, 5) is 1.18. The van der Waals surface area contributed by atoms with Crippen molar-refractivity contribution >= 4 is 27.3 Å². The van der Waals surface area contributed by atoms with Gasteiger partial charge in [0.25, 0.3) is 0 Å². The van der Waals surface area contributed by atoms with E-state index in [1.54, 1.807) is 11.3 Å². The lowest BCUT2D eigenvalue weighted by Crippen LogP contribution is -2.14. The predicted octanol–water partition coefficient (Wildman–Crippen LogP) is 3.73. The third kappa shape index (κ3) is 3.64. The van der Waals surface area contributed by atoms with Crippen LogP contribution in [0.25, 0.3) is 0 Å². The summed E-state index contributed by atoms with van der Waals surface area (Å²) in [5.41, 5.74) is 6.88. The van der Waals surface area contributed by atoms with Crippen molar-refractivity contribution in [2.45, 2.75) is 12.7 Å². The molecule has 0 spiro atoms. The second-order valence-electron chi connectivity index (χ2n) is 3.68. The van der Waals surface area contributed by atoms with E-state index in [1.807, 2.05) is 29.6 Å². The van der Waals surface area contributed by atoms with Crippen LogP contribution < -0.4 is 5.73 Å². The van der Waals surface area contributed by atoms with E-state index in [-0.39, 0.29) is 6.10 Å². The number of nitrogens with two attached hydrogens (primary N) is 1. The van der Waals surface area contributed by atoms with Gasteiger partial charge in [-0.05, 0) is 29.1 Å². The molecule has 1 unspecified atom stereocenters. The molecule has 0 amide bonds. The van der Waals surface area contributed by atoms with Crippen LogP contribution in [-0.4, -0.2) is 6.54 Å². The normalized spacial score (nSPS) is 12.6. The molecule has 0 aliphatic heterocycles. The van der Waals surface area contributed by atoms with Crippen molar-refractivity contribution in [3.8, 4) is 0 Å². The Morgan fingerprint density at radius 1 is 1.29 bits per heavy atom. The number of ether oxygens (including phenoxy) is 1. The van der Waals surface area contributed by atoms with E-state index >= 15 is 0 Å². The lowest BCUT2D eigenvalue weighted by Gasteiger charge is -2.14. The smallest absolute Gasteiger partial charge is 0.104 e. The van der Waals surface area contributed by atoms with Gasteiger partial charge >= 0.3 is 0 Å². The Balaban J connectivity index is 1.97. The molecule has 0 bridgehead atoms. The lowest BCUT2D eigenvalue weighted by molar-refractivity contribution is 0.0480. The van der Waals surface area contributed by atoms with Gasteiger partial charge in [-0.1, -0.05) is 34.1 Å². The van der Waals surface area contributed by atoms with Crippen LogP contribution in [0, 0.1) is 0 Å². The highest BCUT2D eigenvalue weighted by Gasteiger charge is 2.11. The molecule has 2 rings (SSSR count). The number of halogens is 1. The molecule has 0 saturated carbocycles. The summed E-state index contributed by atoms with van der Waals surface area (Å²) in [5.74, 6) is 0. The third-order valence-electron chi connectivity index (χ3n) is 2.41. The predicted molar refractivity (Wildman–Crippen MR) is 75.0 cm³/mol. The Morgan fingerprint density at radius 3 is 2.82 bits per heavy atom. The van der Waals surface area contributed by atoms with Gasteiger partial charge in [-0.15, -0.1) is 11.3 Å². The summed E-state index contributed by atoms with van der Waals surface area (Å²) in [7, 11) is 0. The lowest BCUT2D eigenvalue weighted by atomic mass is 10.2. The van der Waals surface area contributed by atoms with Crippen LogP contribution in [0.5, 0.6) is 0 Å². The minimum absolute atomic E-state index is 0.00557. The molecule has 17 heavy (non-hydrogen) atoms. The second kappa shape index (κ2) is 6.31. The van der Waals surface area contributed by atoms with Crippen molar-refractivity contribution in [3.63, 3.8) is 0 Å². The highest BCUT2D eigenvalue weighted by atomic mass is 79.9. The maximum Gasteiger partial charge on any atom is 0.104 e. The number of thiophene rings is 1. The van der Waals surface area contributed by atoms with Crippen LogP contribution in [0.2, 0.25) is 0 Å². The number of hydrogen-bond acceptors (Lipinski definition) is 3. The van der Waals surface area contributed by atoms with Crippen LogP contribution in [0.1, 0.15) is 16.5 Å². The molecule has 1 aromatic heterocycles. The van der Waals surface area contributed by atoms with E-state index in [1.165, 1.54) is 4.88 Å². The molecule has 2 N–H and O–H groups in total. The molecule has 1 aromatic carbocycles. The van der Waals surface area contributed by atoms with E-state index in [0.717, 1.165) is 10.0 Å². The summed E-state index contributed by atoms with van der Waals surface area (Å²) in [5, 5.41) is 2.04. The number of hydrogen-bond donors (Lipinski definition) is 1. The van der Waals surface area contributed by atoms with Gasteiger partial charge in [-0.25, -0.2) is 0 Å². The maximum absolute atomic E-state index is 5.84. The van der Waals surface area contributed by atoms with Crippen molar-refractivity contribution in [2.75, 3.05) is 6.54 Å². The van der Waals surface area contributed by atoms with Crippen LogP contribution >= 0.6 is 27.3 Å². The van der Waals surface area contributed by atoms with Gasteiger partial charge in [-0.3, -0.25) is 0 Å². The van der Waals surface area contributed by atoms with Crippen LogP contribution in [-0.2, 0) is 11.3 Å². The molecule has 0 saturated heterocycles. The minimum atomic E-state index is -0.00557. The zero-order valence-corrected chi connectivity index (χ0v) is 11.7. The van der Waals surface area contributed by atoms with Gasteiger partial charge in [-0.2, -0.15) is 0 Å². The van der Waals surface area contributed by atoms with E-state index in [0.29, 0.717) is 13.2 Å². The Hall–Kier alpha value is -0.680. The van der Waals surface area contributed by atoms with Crippen LogP contribution in [0.4, 0.5) is 0 Å². The Bertz CT molecular complexity index is 458. The molecule has 1 heterocycles. The molecule has 0 aliphatic carbocycles. The number of rotatable bonds is 5. The monoisotopic (exact) mass is 311 g/mol. The quantitative estimate of drug-likeness (QED) is 0.913. The van der Waals surface area contributed by atoms with E-state index in [9.17, 15) is 0 Å². The molecule has 0 radical (unpaired) electrons. The minimum Gasteiger partial charge on any atom is -0.367 e. The van der Waals surface area contributed by atoms with Gasteiger partial charge in [0, 0.05) is 15.9 Å². The molecule has 2 aromatic rings. The van der Waals surface area contributed by atoms with Crippen molar-refractivity contribution in [1.82, 2.24) is 0 Å². The Morgan fingerprint density at radius 2 is 2.18 bits per heavy atom. The summed E-state index contributed by atoms with van der Waals surface area (Å²) in [6.45, 7) is 1.09. The largest absolute Gasteiger partial charge is 0.367 e. The topological polar surface area (TPSA) is 35.2 Å². The highest BCUT2D eigenvalue weighted by molar-refractivity contribution is 9.10.